The zero-order valence-electron chi connectivity index (χ0n) is 16.8. The first-order valence-electron chi connectivity index (χ1n) is 9.13. The first kappa shape index (κ1) is 24.9. The quantitative estimate of drug-likeness (QED) is 0.433. The molecule has 0 bridgehead atoms. The van der Waals surface area contributed by atoms with Crippen molar-refractivity contribution in [2.45, 2.75) is 26.1 Å². The fraction of sp³-hybridized carbons (Fsp3) is 0.250. The monoisotopic (exact) mass is 475 g/mol. The third-order valence-electron chi connectivity index (χ3n) is 4.34. The van der Waals surface area contributed by atoms with Crippen molar-refractivity contribution in [1.29, 1.82) is 0 Å². The van der Waals surface area contributed by atoms with Crippen molar-refractivity contribution in [3.63, 3.8) is 0 Å². The number of amides is 3. The normalized spacial score (nSPS) is 12.1. The molecule has 0 aliphatic heterocycles. The second-order valence-electron chi connectivity index (χ2n) is 6.62. The molecule has 0 aliphatic rings. The van der Waals surface area contributed by atoms with Gasteiger partial charge in [0, 0.05) is 17.1 Å². The number of carbonyl (C=O) groups excluding carboxylic acids is 2. The van der Waals surface area contributed by atoms with Gasteiger partial charge in [-0.15, -0.1) is 0 Å². The molecule has 0 saturated carbocycles. The van der Waals surface area contributed by atoms with Gasteiger partial charge >= 0.3 is 18.2 Å². The SMILES string of the molecule is CCN(NC(=O)c1cc(F)cc(C(F)(F)F)c1)C(=O)NC(C)c1ccc(C(=O)O)cc1Cl. The molecule has 2 aromatic carbocycles. The van der Waals surface area contributed by atoms with E-state index in [1.807, 2.05) is 0 Å². The van der Waals surface area contributed by atoms with E-state index in [1.54, 1.807) is 6.92 Å². The summed E-state index contributed by atoms with van der Waals surface area (Å²) in [7, 11) is 0. The van der Waals surface area contributed by atoms with Crippen molar-refractivity contribution < 1.29 is 37.1 Å². The average molecular weight is 476 g/mol. The largest absolute Gasteiger partial charge is 0.478 e. The van der Waals surface area contributed by atoms with Crippen molar-refractivity contribution in [2.75, 3.05) is 6.54 Å². The van der Waals surface area contributed by atoms with Crippen LogP contribution in [0.25, 0.3) is 0 Å². The molecule has 3 amide bonds. The highest BCUT2D eigenvalue weighted by Crippen LogP contribution is 2.30. The fourth-order valence-electron chi connectivity index (χ4n) is 2.70. The summed E-state index contributed by atoms with van der Waals surface area (Å²) in [6.07, 6.45) is -4.86. The molecule has 32 heavy (non-hydrogen) atoms. The van der Waals surface area contributed by atoms with Crippen molar-refractivity contribution >= 4 is 29.5 Å². The van der Waals surface area contributed by atoms with Crippen LogP contribution in [-0.4, -0.2) is 34.6 Å². The van der Waals surface area contributed by atoms with Crippen LogP contribution < -0.4 is 10.7 Å². The highest BCUT2D eigenvalue weighted by atomic mass is 35.5. The summed E-state index contributed by atoms with van der Waals surface area (Å²) in [6, 6.07) is 3.73. The van der Waals surface area contributed by atoms with Crippen LogP contribution in [-0.2, 0) is 6.18 Å². The van der Waals surface area contributed by atoms with E-state index in [0.717, 1.165) is 5.01 Å². The number of halogens is 5. The van der Waals surface area contributed by atoms with Crippen LogP contribution in [0.5, 0.6) is 0 Å². The van der Waals surface area contributed by atoms with E-state index in [0.29, 0.717) is 17.7 Å². The van der Waals surface area contributed by atoms with Crippen molar-refractivity contribution in [3.05, 3.63) is 69.5 Å². The van der Waals surface area contributed by atoms with E-state index in [-0.39, 0.29) is 23.2 Å². The van der Waals surface area contributed by atoms with Crippen molar-refractivity contribution in [3.8, 4) is 0 Å². The Kier molecular flexibility index (Phi) is 7.68. The Morgan fingerprint density at radius 3 is 2.31 bits per heavy atom. The van der Waals surface area contributed by atoms with Crippen LogP contribution >= 0.6 is 11.6 Å². The van der Waals surface area contributed by atoms with Crippen molar-refractivity contribution in [1.82, 2.24) is 15.8 Å². The molecule has 0 aromatic heterocycles. The van der Waals surface area contributed by atoms with Gasteiger partial charge in [-0.3, -0.25) is 10.2 Å². The Bertz CT molecular complexity index is 1050. The second kappa shape index (κ2) is 9.86. The molecule has 2 rings (SSSR count). The summed E-state index contributed by atoms with van der Waals surface area (Å²) in [4.78, 5) is 35.8. The zero-order chi connectivity index (χ0) is 24.2. The number of hydrazine groups is 1. The number of alkyl halides is 3. The van der Waals surface area contributed by atoms with E-state index in [4.69, 9.17) is 16.7 Å². The third kappa shape index (κ3) is 6.10. The van der Waals surface area contributed by atoms with E-state index in [9.17, 15) is 31.9 Å². The summed E-state index contributed by atoms with van der Waals surface area (Å²) < 4.78 is 52.1. The second-order valence-corrected chi connectivity index (χ2v) is 7.03. The molecule has 12 heteroatoms. The van der Waals surface area contributed by atoms with E-state index in [2.05, 4.69) is 10.7 Å². The number of benzene rings is 2. The number of urea groups is 1. The van der Waals surface area contributed by atoms with E-state index in [1.165, 1.54) is 25.1 Å². The molecule has 1 atom stereocenters. The third-order valence-corrected chi connectivity index (χ3v) is 4.67. The van der Waals surface area contributed by atoms with Crippen LogP contribution in [0.3, 0.4) is 0 Å². The minimum Gasteiger partial charge on any atom is -0.478 e. The lowest BCUT2D eigenvalue weighted by Crippen LogP contribution is -2.51. The molecule has 0 radical (unpaired) electrons. The molecule has 7 nitrogen and oxygen atoms in total. The minimum absolute atomic E-state index is 0.0481. The molecule has 1 unspecified atom stereocenters. The first-order valence-corrected chi connectivity index (χ1v) is 9.50. The van der Waals surface area contributed by atoms with Gasteiger partial charge in [0.05, 0.1) is 17.2 Å². The van der Waals surface area contributed by atoms with Gasteiger partial charge in [-0.25, -0.2) is 19.0 Å². The summed E-state index contributed by atoms with van der Waals surface area (Å²) in [6.45, 7) is 2.97. The predicted molar refractivity (Wildman–Crippen MR) is 107 cm³/mol. The molecule has 0 heterocycles. The maximum atomic E-state index is 13.5. The van der Waals surface area contributed by atoms with Gasteiger partial charge in [-0.05, 0) is 49.7 Å². The molecule has 0 spiro atoms. The molecular weight excluding hydrogens is 458 g/mol. The van der Waals surface area contributed by atoms with E-state index >= 15 is 0 Å². The summed E-state index contributed by atoms with van der Waals surface area (Å²) in [5, 5.41) is 12.4. The standard InChI is InChI=1S/C20H18ClF4N3O4/c1-3-28(27-17(29)12-6-13(20(23,24)25)9-14(22)7-12)19(32)26-10(2)15-5-4-11(18(30)31)8-16(15)21/h4-10H,3H2,1-2H3,(H,26,32)(H,27,29)(H,30,31). The van der Waals surface area contributed by atoms with Gasteiger partial charge in [-0.2, -0.15) is 13.2 Å². The number of carbonyl (C=O) groups is 3. The molecule has 0 fully saturated rings. The molecule has 0 aliphatic carbocycles. The molecule has 172 valence electrons. The topological polar surface area (TPSA) is 98.7 Å². The van der Waals surface area contributed by atoms with Gasteiger partial charge < -0.3 is 10.4 Å². The number of hydrogen-bond donors (Lipinski definition) is 3. The van der Waals surface area contributed by atoms with Gasteiger partial charge in [-0.1, -0.05) is 17.7 Å². The summed E-state index contributed by atoms with van der Waals surface area (Å²) >= 11 is 6.07. The van der Waals surface area contributed by atoms with E-state index < -0.39 is 47.1 Å². The molecule has 0 saturated heterocycles. The van der Waals surface area contributed by atoms with Gasteiger partial charge in [0.25, 0.3) is 5.91 Å². The summed E-state index contributed by atoms with van der Waals surface area (Å²) in [5.74, 6) is -3.56. The molecule has 2 aromatic rings. The zero-order valence-corrected chi connectivity index (χ0v) is 17.5. The maximum Gasteiger partial charge on any atom is 0.416 e. The van der Waals surface area contributed by atoms with Crippen LogP contribution in [0.2, 0.25) is 5.02 Å². The van der Waals surface area contributed by atoms with Crippen LogP contribution in [0.15, 0.2) is 36.4 Å². The average Bonchev–Trinajstić information content (AvgIpc) is 2.70. The minimum atomic E-state index is -4.86. The Hall–Kier alpha value is -3.34. The lowest BCUT2D eigenvalue weighted by Gasteiger charge is -2.25. The Labute approximate surface area is 184 Å². The molecule has 3 N–H and O–H groups in total. The van der Waals surface area contributed by atoms with Crippen LogP contribution in [0.4, 0.5) is 22.4 Å². The number of nitrogens with one attached hydrogen (secondary N) is 2. The first-order chi connectivity index (χ1) is 14.8. The molecular formula is C20H18ClF4N3O4. The lowest BCUT2D eigenvalue weighted by atomic mass is 10.1. The Morgan fingerprint density at radius 1 is 1.12 bits per heavy atom. The highest BCUT2D eigenvalue weighted by molar-refractivity contribution is 6.31. The van der Waals surface area contributed by atoms with Gasteiger partial charge in [0.15, 0.2) is 0 Å². The number of hydrogen-bond acceptors (Lipinski definition) is 3. The number of aromatic carboxylic acids is 1. The number of carboxylic acid groups (broad SMARTS) is 1. The fourth-order valence-corrected chi connectivity index (χ4v) is 3.04. The number of rotatable bonds is 5. The number of carboxylic acids is 1. The predicted octanol–water partition coefficient (Wildman–Crippen LogP) is 4.63. The summed E-state index contributed by atoms with van der Waals surface area (Å²) in [5.41, 5.74) is 0.504. The van der Waals surface area contributed by atoms with Crippen molar-refractivity contribution in [2.24, 2.45) is 0 Å². The van der Waals surface area contributed by atoms with Crippen LogP contribution in [0.1, 0.15) is 51.7 Å². The van der Waals surface area contributed by atoms with Gasteiger partial charge in [0.1, 0.15) is 5.82 Å². The Morgan fingerprint density at radius 2 is 1.78 bits per heavy atom. The Balaban J connectivity index is 2.14. The highest BCUT2D eigenvalue weighted by Gasteiger charge is 2.32. The number of nitrogens with zero attached hydrogens (tertiary/aromatic N) is 1. The van der Waals surface area contributed by atoms with Crippen LogP contribution in [0, 0.1) is 5.82 Å². The van der Waals surface area contributed by atoms with Gasteiger partial charge in [0.2, 0.25) is 0 Å². The maximum absolute atomic E-state index is 13.5. The lowest BCUT2D eigenvalue weighted by molar-refractivity contribution is -0.137. The smallest absolute Gasteiger partial charge is 0.416 e.